The topological polar surface area (TPSA) is 49.9 Å². The summed E-state index contributed by atoms with van der Waals surface area (Å²) < 4.78 is 4.83. The van der Waals surface area contributed by atoms with Gasteiger partial charge in [-0.1, -0.05) is 0 Å². The molecule has 1 heterocycles. The molecule has 15 heavy (non-hydrogen) atoms. The van der Waals surface area contributed by atoms with Gasteiger partial charge in [0.1, 0.15) is 0 Å². The van der Waals surface area contributed by atoms with Crippen LogP contribution in [0, 0.1) is 0 Å². The van der Waals surface area contributed by atoms with Gasteiger partial charge in [-0.2, -0.15) is 0 Å². The van der Waals surface area contributed by atoms with Gasteiger partial charge in [0, 0.05) is 26.2 Å². The number of carbonyl (C=O) groups is 2. The quantitative estimate of drug-likeness (QED) is 0.406. The van der Waals surface area contributed by atoms with Crippen molar-refractivity contribution in [3.05, 3.63) is 0 Å². The lowest BCUT2D eigenvalue weighted by atomic mass is 10.3. The lowest BCUT2D eigenvalue weighted by Crippen LogP contribution is -2.48. The van der Waals surface area contributed by atoms with Crippen LogP contribution in [-0.4, -0.2) is 60.5 Å². The summed E-state index contributed by atoms with van der Waals surface area (Å²) in [5.74, 6) is -0.219. The van der Waals surface area contributed by atoms with Crippen molar-refractivity contribution in [3.63, 3.8) is 0 Å². The molecule has 6 heteroatoms. The third kappa shape index (κ3) is 4.05. The smallest absolute Gasteiger partial charge is 0.320 e. The van der Waals surface area contributed by atoms with Crippen molar-refractivity contribution < 1.29 is 14.3 Å². The molecule has 0 atom stereocenters. The SMILES string of the molecule is CCOC(=O)CN1CCN(C(=O)Cl)CC1. The van der Waals surface area contributed by atoms with Crippen molar-refractivity contribution in [1.29, 1.82) is 0 Å². The molecule has 0 aromatic heterocycles. The van der Waals surface area contributed by atoms with Crippen LogP contribution in [0.1, 0.15) is 6.92 Å². The first-order valence-electron chi connectivity index (χ1n) is 4.96. The molecule has 0 aromatic carbocycles. The number of hydrogen-bond donors (Lipinski definition) is 0. The van der Waals surface area contributed by atoms with E-state index < -0.39 is 5.37 Å². The Hall–Kier alpha value is -0.810. The van der Waals surface area contributed by atoms with Gasteiger partial charge < -0.3 is 9.64 Å². The Labute approximate surface area is 93.9 Å². The molecule has 0 unspecified atom stereocenters. The lowest BCUT2D eigenvalue weighted by molar-refractivity contribution is -0.144. The van der Waals surface area contributed by atoms with Gasteiger partial charge in [0.2, 0.25) is 0 Å². The van der Waals surface area contributed by atoms with Gasteiger partial charge in [-0.05, 0) is 18.5 Å². The highest BCUT2D eigenvalue weighted by Gasteiger charge is 2.21. The average Bonchev–Trinajstić information content (AvgIpc) is 2.18. The Kier molecular flexibility index (Phi) is 4.84. The normalized spacial score (nSPS) is 17.6. The molecule has 0 spiro atoms. The van der Waals surface area contributed by atoms with Crippen LogP contribution in [0.3, 0.4) is 0 Å². The standard InChI is InChI=1S/C9H15ClN2O3/c1-2-15-8(13)7-11-3-5-12(6-4-11)9(10)14/h2-7H2,1H3. The fourth-order valence-electron chi connectivity index (χ4n) is 1.47. The molecule has 1 saturated heterocycles. The van der Waals surface area contributed by atoms with E-state index >= 15 is 0 Å². The summed E-state index contributed by atoms with van der Waals surface area (Å²) in [7, 11) is 0. The van der Waals surface area contributed by atoms with Crippen LogP contribution >= 0.6 is 11.6 Å². The molecule has 0 radical (unpaired) electrons. The van der Waals surface area contributed by atoms with E-state index in [9.17, 15) is 9.59 Å². The molecule has 0 saturated carbocycles. The minimum Gasteiger partial charge on any atom is -0.465 e. The second-order valence-corrected chi connectivity index (χ2v) is 3.64. The van der Waals surface area contributed by atoms with Crippen molar-refractivity contribution in [2.45, 2.75) is 6.92 Å². The number of carbonyl (C=O) groups excluding carboxylic acids is 2. The highest BCUT2D eigenvalue weighted by atomic mass is 35.5. The first-order chi connectivity index (χ1) is 7.13. The van der Waals surface area contributed by atoms with Crippen LogP contribution in [0.2, 0.25) is 0 Å². The predicted molar refractivity (Wildman–Crippen MR) is 55.9 cm³/mol. The Morgan fingerprint density at radius 3 is 2.33 bits per heavy atom. The van der Waals surface area contributed by atoms with Gasteiger partial charge in [-0.15, -0.1) is 0 Å². The monoisotopic (exact) mass is 234 g/mol. The summed E-state index contributed by atoms with van der Waals surface area (Å²) in [6, 6.07) is 0. The Morgan fingerprint density at radius 1 is 1.27 bits per heavy atom. The molecule has 0 N–H and O–H groups in total. The second kappa shape index (κ2) is 5.92. The summed E-state index contributed by atoms with van der Waals surface area (Å²) in [6.07, 6.45) is 0. The van der Waals surface area contributed by atoms with Gasteiger partial charge in [0.15, 0.2) is 0 Å². The average molecular weight is 235 g/mol. The molecule has 86 valence electrons. The number of hydrogen-bond acceptors (Lipinski definition) is 4. The number of piperazine rings is 1. The van der Waals surface area contributed by atoms with E-state index in [-0.39, 0.29) is 12.5 Å². The minimum atomic E-state index is -0.425. The third-order valence-corrected chi connectivity index (χ3v) is 2.52. The molecule has 1 aliphatic rings. The second-order valence-electron chi connectivity index (χ2n) is 3.32. The molecule has 0 aliphatic carbocycles. The molecule has 1 rings (SSSR count). The van der Waals surface area contributed by atoms with E-state index in [2.05, 4.69) is 0 Å². The number of rotatable bonds is 3. The highest BCUT2D eigenvalue weighted by molar-refractivity contribution is 6.62. The van der Waals surface area contributed by atoms with Crippen LogP contribution in [0.4, 0.5) is 4.79 Å². The summed E-state index contributed by atoms with van der Waals surface area (Å²) >= 11 is 5.34. The first-order valence-corrected chi connectivity index (χ1v) is 5.33. The molecule has 1 aliphatic heterocycles. The fraction of sp³-hybridized carbons (Fsp3) is 0.778. The Bertz CT molecular complexity index is 240. The Morgan fingerprint density at radius 2 is 1.87 bits per heavy atom. The zero-order valence-corrected chi connectivity index (χ0v) is 9.50. The largest absolute Gasteiger partial charge is 0.465 e. The van der Waals surface area contributed by atoms with Crippen molar-refractivity contribution >= 4 is 22.9 Å². The van der Waals surface area contributed by atoms with E-state index in [1.807, 2.05) is 4.90 Å². The number of nitrogens with zero attached hydrogens (tertiary/aromatic N) is 2. The summed E-state index contributed by atoms with van der Waals surface area (Å²) in [5.41, 5.74) is 0. The maximum atomic E-state index is 11.2. The number of esters is 1. The van der Waals surface area contributed by atoms with Crippen LogP contribution in [0.5, 0.6) is 0 Å². The van der Waals surface area contributed by atoms with Crippen molar-refractivity contribution in [3.8, 4) is 0 Å². The van der Waals surface area contributed by atoms with Crippen LogP contribution in [0.15, 0.2) is 0 Å². The molecular formula is C9H15ClN2O3. The molecule has 0 bridgehead atoms. The highest BCUT2D eigenvalue weighted by Crippen LogP contribution is 2.04. The van der Waals surface area contributed by atoms with E-state index in [0.29, 0.717) is 32.8 Å². The maximum Gasteiger partial charge on any atom is 0.320 e. The number of amides is 1. The van der Waals surface area contributed by atoms with Crippen LogP contribution in [-0.2, 0) is 9.53 Å². The van der Waals surface area contributed by atoms with Gasteiger partial charge >= 0.3 is 11.3 Å². The van der Waals surface area contributed by atoms with E-state index in [1.54, 1.807) is 11.8 Å². The molecule has 1 amide bonds. The summed E-state index contributed by atoms with van der Waals surface area (Å²) in [5, 5.41) is -0.425. The van der Waals surface area contributed by atoms with Crippen molar-refractivity contribution in [2.75, 3.05) is 39.3 Å². The lowest BCUT2D eigenvalue weighted by Gasteiger charge is -2.32. The minimum absolute atomic E-state index is 0.219. The first kappa shape index (κ1) is 12.3. The number of halogens is 1. The maximum absolute atomic E-state index is 11.2. The molecule has 1 fully saturated rings. The molecule has 0 aromatic rings. The Balaban J connectivity index is 2.25. The zero-order valence-electron chi connectivity index (χ0n) is 8.74. The third-order valence-electron chi connectivity index (χ3n) is 2.28. The summed E-state index contributed by atoms with van der Waals surface area (Å²) in [4.78, 5) is 25.5. The van der Waals surface area contributed by atoms with Gasteiger partial charge in [-0.25, -0.2) is 0 Å². The zero-order chi connectivity index (χ0) is 11.3. The van der Waals surface area contributed by atoms with E-state index in [1.165, 1.54) is 0 Å². The van der Waals surface area contributed by atoms with Crippen molar-refractivity contribution in [1.82, 2.24) is 9.80 Å². The number of ether oxygens (including phenoxy) is 1. The fourth-order valence-corrected chi connectivity index (χ4v) is 1.64. The summed E-state index contributed by atoms with van der Waals surface area (Å²) in [6.45, 7) is 4.94. The molecule has 5 nitrogen and oxygen atoms in total. The van der Waals surface area contributed by atoms with Gasteiger partial charge in [-0.3, -0.25) is 14.5 Å². The van der Waals surface area contributed by atoms with Crippen LogP contribution in [0.25, 0.3) is 0 Å². The predicted octanol–water partition coefficient (Wildman–Crippen LogP) is 0.526. The van der Waals surface area contributed by atoms with E-state index in [0.717, 1.165) is 0 Å². The van der Waals surface area contributed by atoms with Crippen molar-refractivity contribution in [2.24, 2.45) is 0 Å². The van der Waals surface area contributed by atoms with Gasteiger partial charge in [0.05, 0.1) is 13.2 Å². The molecular weight excluding hydrogens is 220 g/mol. The van der Waals surface area contributed by atoms with Crippen LogP contribution < -0.4 is 0 Å². The van der Waals surface area contributed by atoms with E-state index in [4.69, 9.17) is 16.3 Å². The van der Waals surface area contributed by atoms with Gasteiger partial charge in [0.25, 0.3) is 0 Å².